The van der Waals surface area contributed by atoms with Crippen LogP contribution in [-0.4, -0.2) is 34.9 Å². The number of nitrogens with one attached hydrogen (secondary N) is 3. The molecule has 2 amide bonds. The molecule has 0 aliphatic rings. The molecule has 0 saturated heterocycles. The highest BCUT2D eigenvalue weighted by atomic mass is 35.5. The molecular weight excluding hydrogens is 428 g/mol. The van der Waals surface area contributed by atoms with Crippen molar-refractivity contribution in [1.29, 1.82) is 0 Å². The molecule has 162 valence electrons. The number of aromatic amines is 1. The average molecular weight is 449 g/mol. The van der Waals surface area contributed by atoms with Crippen LogP contribution >= 0.6 is 11.6 Å². The summed E-state index contributed by atoms with van der Waals surface area (Å²) in [6, 6.07) is 17.0. The van der Waals surface area contributed by atoms with Gasteiger partial charge in [-0.05, 0) is 29.8 Å². The molecule has 0 spiro atoms. The smallest absolute Gasteiger partial charge is 0.253 e. The first-order valence-electron chi connectivity index (χ1n) is 9.96. The quantitative estimate of drug-likeness (QED) is 0.394. The van der Waals surface area contributed by atoms with Crippen LogP contribution in [0.5, 0.6) is 5.88 Å². The number of rotatable bonds is 7. The third-order valence-corrected chi connectivity index (χ3v) is 5.38. The highest BCUT2D eigenvalue weighted by Crippen LogP contribution is 2.21. The van der Waals surface area contributed by atoms with Crippen LogP contribution in [0.2, 0.25) is 5.02 Å². The maximum Gasteiger partial charge on any atom is 0.253 e. The maximum atomic E-state index is 13.2. The minimum absolute atomic E-state index is 0.287. The van der Waals surface area contributed by atoms with Crippen LogP contribution in [0.1, 0.15) is 15.9 Å². The monoisotopic (exact) mass is 448 g/mol. The van der Waals surface area contributed by atoms with Gasteiger partial charge in [-0.2, -0.15) is 0 Å². The van der Waals surface area contributed by atoms with Crippen LogP contribution in [-0.2, 0) is 11.2 Å². The number of fused-ring (bicyclic) bond motifs is 1. The number of hydrogen-bond donors (Lipinski definition) is 3. The van der Waals surface area contributed by atoms with Crippen molar-refractivity contribution in [2.45, 2.75) is 12.5 Å². The van der Waals surface area contributed by atoms with E-state index in [0.29, 0.717) is 22.2 Å². The second kappa shape index (κ2) is 9.53. The van der Waals surface area contributed by atoms with Gasteiger partial charge in [0.1, 0.15) is 6.04 Å². The zero-order valence-electron chi connectivity index (χ0n) is 17.3. The van der Waals surface area contributed by atoms with E-state index < -0.39 is 11.9 Å². The normalized spacial score (nSPS) is 11.7. The molecule has 8 heteroatoms. The number of para-hydroxylation sites is 1. The number of halogens is 1. The van der Waals surface area contributed by atoms with E-state index in [9.17, 15) is 9.59 Å². The molecule has 2 aromatic carbocycles. The van der Waals surface area contributed by atoms with Gasteiger partial charge in [0, 0.05) is 29.6 Å². The number of carbonyl (C=O) groups is 2. The second-order valence-electron chi connectivity index (χ2n) is 7.15. The summed E-state index contributed by atoms with van der Waals surface area (Å²) in [5.74, 6) is -0.364. The molecule has 0 aliphatic heterocycles. The molecule has 7 nitrogen and oxygen atoms in total. The molecule has 4 aromatic rings. The summed E-state index contributed by atoms with van der Waals surface area (Å²) in [6.07, 6.45) is 3.63. The number of pyridine rings is 1. The van der Waals surface area contributed by atoms with Crippen LogP contribution in [0, 0.1) is 0 Å². The van der Waals surface area contributed by atoms with E-state index in [4.69, 9.17) is 16.3 Å². The third-order valence-electron chi connectivity index (χ3n) is 5.05. The highest BCUT2D eigenvalue weighted by molar-refractivity contribution is 6.33. The Morgan fingerprint density at radius 1 is 1.09 bits per heavy atom. The van der Waals surface area contributed by atoms with E-state index in [0.717, 1.165) is 16.5 Å². The van der Waals surface area contributed by atoms with Crippen molar-refractivity contribution in [3.8, 4) is 5.88 Å². The Hall–Kier alpha value is -3.84. The summed E-state index contributed by atoms with van der Waals surface area (Å²) < 4.78 is 5.05. The van der Waals surface area contributed by atoms with Gasteiger partial charge in [-0.25, -0.2) is 4.98 Å². The van der Waals surface area contributed by atoms with Crippen molar-refractivity contribution in [1.82, 2.24) is 15.3 Å². The zero-order chi connectivity index (χ0) is 22.5. The Balaban J connectivity index is 1.59. The lowest BCUT2D eigenvalue weighted by atomic mass is 10.0. The summed E-state index contributed by atoms with van der Waals surface area (Å²) in [7, 11) is 1.52. The lowest BCUT2D eigenvalue weighted by Gasteiger charge is -2.19. The Morgan fingerprint density at radius 3 is 2.62 bits per heavy atom. The van der Waals surface area contributed by atoms with Crippen molar-refractivity contribution < 1.29 is 14.3 Å². The lowest BCUT2D eigenvalue weighted by molar-refractivity contribution is -0.118. The molecule has 2 aromatic heterocycles. The Morgan fingerprint density at radius 2 is 1.88 bits per heavy atom. The van der Waals surface area contributed by atoms with Crippen LogP contribution in [0.25, 0.3) is 10.9 Å². The molecule has 4 rings (SSSR count). The van der Waals surface area contributed by atoms with Crippen molar-refractivity contribution in [3.05, 3.63) is 89.2 Å². The molecule has 2 heterocycles. The summed E-state index contributed by atoms with van der Waals surface area (Å²) in [4.78, 5) is 33.3. The number of aromatic nitrogens is 2. The van der Waals surface area contributed by atoms with E-state index in [2.05, 4.69) is 20.6 Å². The molecule has 0 saturated carbocycles. The molecule has 32 heavy (non-hydrogen) atoms. The SMILES string of the molecule is COc1ccc(NC(=O)[C@@H](Cc2c[nH]c3ccccc23)NC(=O)c2ccccc2Cl)cn1. The topological polar surface area (TPSA) is 96.1 Å². The minimum Gasteiger partial charge on any atom is -0.481 e. The summed E-state index contributed by atoms with van der Waals surface area (Å²) in [5, 5.41) is 6.94. The van der Waals surface area contributed by atoms with Gasteiger partial charge in [-0.15, -0.1) is 0 Å². The van der Waals surface area contributed by atoms with E-state index in [1.54, 1.807) is 36.4 Å². The fourth-order valence-electron chi connectivity index (χ4n) is 3.42. The Labute approximate surface area is 189 Å². The van der Waals surface area contributed by atoms with Crippen LogP contribution in [0.3, 0.4) is 0 Å². The number of anilines is 1. The first-order valence-corrected chi connectivity index (χ1v) is 10.3. The molecule has 0 aliphatic carbocycles. The number of methoxy groups -OCH3 is 1. The molecule has 3 N–H and O–H groups in total. The van der Waals surface area contributed by atoms with Crippen LogP contribution in [0.4, 0.5) is 5.69 Å². The van der Waals surface area contributed by atoms with Gasteiger partial charge in [0.05, 0.1) is 29.6 Å². The Kier molecular flexibility index (Phi) is 6.37. The van der Waals surface area contributed by atoms with Gasteiger partial charge in [-0.3, -0.25) is 9.59 Å². The number of hydrogen-bond acceptors (Lipinski definition) is 4. The fourth-order valence-corrected chi connectivity index (χ4v) is 3.64. The van der Waals surface area contributed by atoms with E-state index in [-0.39, 0.29) is 12.3 Å². The molecule has 1 atom stereocenters. The number of benzene rings is 2. The van der Waals surface area contributed by atoms with Crippen molar-refractivity contribution in [2.75, 3.05) is 12.4 Å². The van der Waals surface area contributed by atoms with Gasteiger partial charge in [0.25, 0.3) is 5.91 Å². The van der Waals surface area contributed by atoms with E-state index in [1.165, 1.54) is 13.3 Å². The van der Waals surface area contributed by atoms with Crippen molar-refractivity contribution in [3.63, 3.8) is 0 Å². The van der Waals surface area contributed by atoms with Crippen LogP contribution in [0.15, 0.2) is 73.1 Å². The maximum absolute atomic E-state index is 13.2. The van der Waals surface area contributed by atoms with Gasteiger partial charge >= 0.3 is 0 Å². The molecular formula is C24H21ClN4O3. The summed E-state index contributed by atoms with van der Waals surface area (Å²) in [5.41, 5.74) is 2.66. The summed E-state index contributed by atoms with van der Waals surface area (Å²) in [6.45, 7) is 0. The number of H-pyrrole nitrogens is 1. The predicted molar refractivity (Wildman–Crippen MR) is 124 cm³/mol. The van der Waals surface area contributed by atoms with E-state index in [1.807, 2.05) is 30.5 Å². The number of carbonyl (C=O) groups excluding carboxylic acids is 2. The van der Waals surface area contributed by atoms with Crippen molar-refractivity contribution >= 4 is 40.0 Å². The fraction of sp³-hybridized carbons (Fsp3) is 0.125. The first kappa shape index (κ1) is 21.4. The van der Waals surface area contributed by atoms with Gasteiger partial charge < -0.3 is 20.4 Å². The van der Waals surface area contributed by atoms with Gasteiger partial charge in [0.15, 0.2) is 0 Å². The lowest BCUT2D eigenvalue weighted by Crippen LogP contribution is -2.45. The minimum atomic E-state index is -0.847. The molecule has 0 fully saturated rings. The Bertz CT molecular complexity index is 1250. The molecule has 0 bridgehead atoms. The average Bonchev–Trinajstić information content (AvgIpc) is 3.22. The molecule has 0 unspecified atom stereocenters. The van der Waals surface area contributed by atoms with Gasteiger partial charge in [0.2, 0.25) is 11.8 Å². The number of amides is 2. The largest absolute Gasteiger partial charge is 0.481 e. The van der Waals surface area contributed by atoms with E-state index >= 15 is 0 Å². The second-order valence-corrected chi connectivity index (χ2v) is 7.56. The zero-order valence-corrected chi connectivity index (χ0v) is 18.0. The highest BCUT2D eigenvalue weighted by Gasteiger charge is 2.24. The predicted octanol–water partition coefficient (Wildman–Crippen LogP) is 4.20. The standard InChI is InChI=1S/C24H21ClN4O3/c1-32-22-11-10-16(14-27-22)28-24(31)21(29-23(30)18-7-2-4-8-19(18)25)12-15-13-26-20-9-5-3-6-17(15)20/h2-11,13-14,21,26H,12H2,1H3,(H,28,31)(H,29,30)/t21-/m1/s1. The van der Waals surface area contributed by atoms with Crippen LogP contribution < -0.4 is 15.4 Å². The summed E-state index contributed by atoms with van der Waals surface area (Å²) >= 11 is 6.17. The van der Waals surface area contributed by atoms with Crippen molar-refractivity contribution in [2.24, 2.45) is 0 Å². The van der Waals surface area contributed by atoms with Gasteiger partial charge in [-0.1, -0.05) is 41.9 Å². The third kappa shape index (κ3) is 4.73. The first-order chi connectivity index (χ1) is 15.5. The number of nitrogens with zero attached hydrogens (tertiary/aromatic N) is 1. The number of ether oxygens (including phenoxy) is 1. The molecule has 0 radical (unpaired) electrons.